The fourth-order valence-electron chi connectivity index (χ4n) is 3.18. The van der Waals surface area contributed by atoms with E-state index in [2.05, 4.69) is 60.2 Å². The fraction of sp³-hybridized carbons (Fsp3) is 0.429. The molecule has 2 heterocycles. The van der Waals surface area contributed by atoms with Gasteiger partial charge in [-0.3, -0.25) is 9.78 Å². The van der Waals surface area contributed by atoms with Crippen LogP contribution in [-0.4, -0.2) is 48.0 Å². The summed E-state index contributed by atoms with van der Waals surface area (Å²) in [6.07, 6.45) is 2.74. The lowest BCUT2D eigenvalue weighted by molar-refractivity contribution is 0.0741. The maximum absolute atomic E-state index is 12.8. The first-order chi connectivity index (χ1) is 12.6. The molecule has 1 aliphatic heterocycles. The molecule has 138 valence electrons. The predicted octanol–water partition coefficient (Wildman–Crippen LogP) is 3.56. The highest BCUT2D eigenvalue weighted by Gasteiger charge is 2.23. The first-order valence-corrected chi connectivity index (χ1v) is 9.40. The topological polar surface area (TPSA) is 48.5 Å². The van der Waals surface area contributed by atoms with Crippen LogP contribution in [0.5, 0.6) is 0 Å². The zero-order valence-electron chi connectivity index (χ0n) is 15.9. The van der Waals surface area contributed by atoms with E-state index in [0.717, 1.165) is 38.3 Å². The van der Waals surface area contributed by atoms with Crippen molar-refractivity contribution in [2.45, 2.75) is 33.2 Å². The van der Waals surface area contributed by atoms with Gasteiger partial charge in [-0.05, 0) is 50.1 Å². The number of rotatable bonds is 5. The van der Waals surface area contributed by atoms with E-state index in [1.54, 1.807) is 6.20 Å². The van der Waals surface area contributed by atoms with Gasteiger partial charge in [0.05, 0.1) is 0 Å². The number of piperazine rings is 1. The Bertz CT molecular complexity index is 753. The maximum Gasteiger partial charge on any atom is 0.272 e. The van der Waals surface area contributed by atoms with Crippen LogP contribution in [0.1, 0.15) is 36.3 Å². The van der Waals surface area contributed by atoms with Crippen LogP contribution in [0, 0.1) is 6.92 Å². The largest absolute Gasteiger partial charge is 0.382 e. The van der Waals surface area contributed by atoms with E-state index >= 15 is 0 Å². The van der Waals surface area contributed by atoms with Crippen molar-refractivity contribution in [3.63, 3.8) is 0 Å². The van der Waals surface area contributed by atoms with E-state index in [9.17, 15) is 4.79 Å². The molecule has 0 spiro atoms. The molecule has 0 aliphatic carbocycles. The molecule has 0 bridgehead atoms. The zero-order valence-corrected chi connectivity index (χ0v) is 15.9. The lowest BCUT2D eigenvalue weighted by atomic mass is 10.2. The third-order valence-electron chi connectivity index (χ3n) is 4.94. The number of benzene rings is 1. The van der Waals surface area contributed by atoms with E-state index < -0.39 is 0 Å². The van der Waals surface area contributed by atoms with Crippen LogP contribution in [0.2, 0.25) is 0 Å². The number of pyridine rings is 1. The number of anilines is 2. The molecule has 0 radical (unpaired) electrons. The molecule has 1 aromatic carbocycles. The summed E-state index contributed by atoms with van der Waals surface area (Å²) in [5.41, 5.74) is 3.96. The lowest BCUT2D eigenvalue weighted by Crippen LogP contribution is -2.49. The lowest BCUT2D eigenvalue weighted by Gasteiger charge is -2.36. The number of nitrogens with one attached hydrogen (secondary N) is 1. The molecular formula is C21H28N4O. The summed E-state index contributed by atoms with van der Waals surface area (Å²) in [5, 5.41) is 3.40. The number of carbonyl (C=O) groups excluding carboxylic acids is 1. The molecule has 1 atom stereocenters. The average Bonchev–Trinajstić information content (AvgIpc) is 2.67. The summed E-state index contributed by atoms with van der Waals surface area (Å²) in [6, 6.07) is 12.7. The van der Waals surface area contributed by atoms with E-state index in [1.165, 1.54) is 11.3 Å². The minimum atomic E-state index is 0.0155. The molecule has 3 rings (SSSR count). The van der Waals surface area contributed by atoms with Gasteiger partial charge in [0.1, 0.15) is 5.69 Å². The molecule has 1 aromatic heterocycles. The maximum atomic E-state index is 12.8. The summed E-state index contributed by atoms with van der Waals surface area (Å²) in [4.78, 5) is 21.4. The highest BCUT2D eigenvalue weighted by Crippen LogP contribution is 2.19. The highest BCUT2D eigenvalue weighted by molar-refractivity contribution is 5.93. The Labute approximate surface area is 156 Å². The third kappa shape index (κ3) is 4.34. The van der Waals surface area contributed by atoms with Crippen LogP contribution in [-0.2, 0) is 0 Å². The van der Waals surface area contributed by atoms with Crippen LogP contribution >= 0.6 is 0 Å². The molecule has 5 nitrogen and oxygen atoms in total. The van der Waals surface area contributed by atoms with Gasteiger partial charge in [-0.1, -0.05) is 19.1 Å². The van der Waals surface area contributed by atoms with E-state index in [-0.39, 0.29) is 5.91 Å². The van der Waals surface area contributed by atoms with Crippen LogP contribution in [0.3, 0.4) is 0 Å². The second-order valence-electron chi connectivity index (χ2n) is 7.00. The molecule has 1 aliphatic rings. The monoisotopic (exact) mass is 352 g/mol. The molecule has 1 amide bonds. The van der Waals surface area contributed by atoms with Crippen molar-refractivity contribution in [3.8, 4) is 0 Å². The van der Waals surface area contributed by atoms with Crippen LogP contribution in [0.4, 0.5) is 11.4 Å². The van der Waals surface area contributed by atoms with Crippen LogP contribution < -0.4 is 10.2 Å². The second-order valence-corrected chi connectivity index (χ2v) is 7.00. The Kier molecular flexibility index (Phi) is 5.76. The van der Waals surface area contributed by atoms with E-state index in [4.69, 9.17) is 0 Å². The van der Waals surface area contributed by atoms with Crippen molar-refractivity contribution in [1.29, 1.82) is 0 Å². The van der Waals surface area contributed by atoms with Gasteiger partial charge in [0.15, 0.2) is 0 Å². The summed E-state index contributed by atoms with van der Waals surface area (Å²) in [7, 11) is 0. The van der Waals surface area contributed by atoms with Gasteiger partial charge in [0, 0.05) is 49.8 Å². The van der Waals surface area contributed by atoms with Crippen molar-refractivity contribution in [3.05, 3.63) is 53.9 Å². The molecule has 1 unspecified atom stereocenters. The number of carbonyl (C=O) groups is 1. The minimum absolute atomic E-state index is 0.0155. The normalized spacial score (nSPS) is 15.7. The number of amides is 1. The zero-order chi connectivity index (χ0) is 18.5. The van der Waals surface area contributed by atoms with Gasteiger partial charge in [-0.2, -0.15) is 0 Å². The Morgan fingerprint density at radius 2 is 1.96 bits per heavy atom. The van der Waals surface area contributed by atoms with Crippen LogP contribution in [0.15, 0.2) is 42.6 Å². The molecule has 1 N–H and O–H groups in total. The first kappa shape index (κ1) is 18.2. The Morgan fingerprint density at radius 3 is 2.65 bits per heavy atom. The highest BCUT2D eigenvalue weighted by atomic mass is 16.2. The molecule has 1 fully saturated rings. The third-order valence-corrected chi connectivity index (χ3v) is 4.94. The Hall–Kier alpha value is -2.56. The molecule has 1 saturated heterocycles. The van der Waals surface area contributed by atoms with Gasteiger partial charge in [-0.15, -0.1) is 0 Å². The first-order valence-electron chi connectivity index (χ1n) is 9.40. The smallest absolute Gasteiger partial charge is 0.272 e. The quantitative estimate of drug-likeness (QED) is 0.894. The van der Waals surface area contributed by atoms with Crippen molar-refractivity contribution < 1.29 is 4.79 Å². The van der Waals surface area contributed by atoms with Gasteiger partial charge in [0.25, 0.3) is 5.91 Å². The number of aromatic nitrogens is 1. The summed E-state index contributed by atoms with van der Waals surface area (Å²) in [5.74, 6) is 0.0155. The molecule has 26 heavy (non-hydrogen) atoms. The van der Waals surface area contributed by atoms with Crippen molar-refractivity contribution in [1.82, 2.24) is 9.88 Å². The fourth-order valence-corrected chi connectivity index (χ4v) is 3.18. The SMILES string of the molecule is CCC(C)Nc1ccnc(C(=O)N2CCN(c3cccc(C)c3)CC2)c1. The van der Waals surface area contributed by atoms with E-state index in [0.29, 0.717) is 11.7 Å². The van der Waals surface area contributed by atoms with Gasteiger partial charge in [-0.25, -0.2) is 0 Å². The Balaban J connectivity index is 1.62. The summed E-state index contributed by atoms with van der Waals surface area (Å²) < 4.78 is 0. The number of hydrogen-bond acceptors (Lipinski definition) is 4. The number of nitrogens with zero attached hydrogens (tertiary/aromatic N) is 3. The Morgan fingerprint density at radius 1 is 1.19 bits per heavy atom. The molecular weight excluding hydrogens is 324 g/mol. The van der Waals surface area contributed by atoms with E-state index in [1.807, 2.05) is 17.0 Å². The van der Waals surface area contributed by atoms with Gasteiger partial charge in [0.2, 0.25) is 0 Å². The van der Waals surface area contributed by atoms with Gasteiger partial charge < -0.3 is 15.1 Å². The minimum Gasteiger partial charge on any atom is -0.382 e. The molecule has 5 heteroatoms. The summed E-state index contributed by atoms with van der Waals surface area (Å²) >= 11 is 0. The van der Waals surface area contributed by atoms with Crippen molar-refractivity contribution >= 4 is 17.3 Å². The molecule has 2 aromatic rings. The van der Waals surface area contributed by atoms with Crippen LogP contribution in [0.25, 0.3) is 0 Å². The number of hydrogen-bond donors (Lipinski definition) is 1. The average molecular weight is 352 g/mol. The van der Waals surface area contributed by atoms with Gasteiger partial charge >= 0.3 is 0 Å². The second kappa shape index (κ2) is 8.21. The summed E-state index contributed by atoms with van der Waals surface area (Å²) in [6.45, 7) is 9.51. The predicted molar refractivity (Wildman–Crippen MR) is 107 cm³/mol. The van der Waals surface area contributed by atoms with Crippen molar-refractivity contribution in [2.75, 3.05) is 36.4 Å². The van der Waals surface area contributed by atoms with Crippen molar-refractivity contribution in [2.24, 2.45) is 0 Å². The molecule has 0 saturated carbocycles. The standard InChI is InChI=1S/C21H28N4O/c1-4-17(3)23-18-8-9-22-20(15-18)21(26)25-12-10-24(11-13-25)19-7-5-6-16(2)14-19/h5-9,14-15,17H,4,10-13H2,1-3H3,(H,22,23). The number of aryl methyl sites for hydroxylation is 1.